The van der Waals surface area contributed by atoms with E-state index in [1.165, 1.54) is 11.1 Å². The van der Waals surface area contributed by atoms with E-state index in [-0.39, 0.29) is 23.5 Å². The van der Waals surface area contributed by atoms with Gasteiger partial charge in [0.05, 0.1) is 42.2 Å². The molecule has 126 valence electrons. The van der Waals surface area contributed by atoms with Crippen LogP contribution < -0.4 is 4.90 Å². The first-order chi connectivity index (χ1) is 11.0. The van der Waals surface area contributed by atoms with E-state index in [4.69, 9.17) is 4.74 Å². The van der Waals surface area contributed by atoms with Crippen LogP contribution in [0.15, 0.2) is 18.5 Å². The summed E-state index contributed by atoms with van der Waals surface area (Å²) in [6.07, 6.45) is 3.77. The van der Waals surface area contributed by atoms with Crippen LogP contribution in [0.4, 0.5) is 5.69 Å². The van der Waals surface area contributed by atoms with Gasteiger partial charge in [0.2, 0.25) is 0 Å². The Labute approximate surface area is 136 Å². The first-order valence-corrected chi connectivity index (χ1v) is 9.54. The van der Waals surface area contributed by atoms with Crippen LogP contribution in [-0.4, -0.2) is 75.1 Å². The molecule has 8 heteroatoms. The minimum Gasteiger partial charge on any atom is -0.378 e. The number of morpholine rings is 1. The van der Waals surface area contributed by atoms with Gasteiger partial charge in [0.15, 0.2) is 9.84 Å². The summed E-state index contributed by atoms with van der Waals surface area (Å²) in [7, 11) is -1.35. The van der Waals surface area contributed by atoms with E-state index in [9.17, 15) is 13.2 Å². The number of anilines is 1. The lowest BCUT2D eigenvalue weighted by Crippen LogP contribution is -2.38. The molecule has 1 aromatic rings. The van der Waals surface area contributed by atoms with Crippen LogP contribution in [0.1, 0.15) is 16.8 Å². The molecule has 2 aliphatic heterocycles. The number of aromatic nitrogens is 1. The van der Waals surface area contributed by atoms with Gasteiger partial charge < -0.3 is 14.5 Å². The third-order valence-corrected chi connectivity index (χ3v) is 6.17. The Morgan fingerprint density at radius 1 is 1.35 bits per heavy atom. The van der Waals surface area contributed by atoms with Gasteiger partial charge in [-0.15, -0.1) is 0 Å². The number of ether oxygens (including phenoxy) is 1. The number of carbonyl (C=O) groups excluding carboxylic acids is 1. The molecule has 0 aromatic carbocycles. The van der Waals surface area contributed by atoms with Gasteiger partial charge in [-0.25, -0.2) is 8.42 Å². The smallest absolute Gasteiger partial charge is 0.255 e. The Hall–Kier alpha value is -1.67. The highest BCUT2D eigenvalue weighted by molar-refractivity contribution is 7.91. The van der Waals surface area contributed by atoms with Gasteiger partial charge in [-0.3, -0.25) is 9.78 Å². The monoisotopic (exact) mass is 339 g/mol. The minimum absolute atomic E-state index is 0.0474. The van der Waals surface area contributed by atoms with E-state index in [1.54, 1.807) is 13.2 Å². The SMILES string of the molecule is CN(C(=O)c1cncc(N2CCOCC2)c1)C1CCS(=O)(=O)C1. The Morgan fingerprint density at radius 3 is 2.74 bits per heavy atom. The lowest BCUT2D eigenvalue weighted by Gasteiger charge is -2.29. The van der Waals surface area contributed by atoms with E-state index in [2.05, 4.69) is 9.88 Å². The Balaban J connectivity index is 1.74. The number of pyridine rings is 1. The van der Waals surface area contributed by atoms with Gasteiger partial charge in [0.25, 0.3) is 5.91 Å². The van der Waals surface area contributed by atoms with Gasteiger partial charge in [0.1, 0.15) is 0 Å². The molecule has 0 saturated carbocycles. The van der Waals surface area contributed by atoms with Crippen molar-refractivity contribution in [1.82, 2.24) is 9.88 Å². The molecule has 0 spiro atoms. The van der Waals surface area contributed by atoms with Crippen molar-refractivity contribution in [2.45, 2.75) is 12.5 Å². The van der Waals surface area contributed by atoms with Crippen molar-refractivity contribution in [3.63, 3.8) is 0 Å². The predicted octanol–water partition coefficient (Wildman–Crippen LogP) is 0.177. The largest absolute Gasteiger partial charge is 0.378 e. The van der Waals surface area contributed by atoms with Crippen molar-refractivity contribution >= 4 is 21.4 Å². The molecule has 23 heavy (non-hydrogen) atoms. The highest BCUT2D eigenvalue weighted by atomic mass is 32.2. The molecular formula is C15H21N3O4S. The fourth-order valence-electron chi connectivity index (χ4n) is 2.99. The molecule has 0 radical (unpaired) electrons. The van der Waals surface area contributed by atoms with E-state index >= 15 is 0 Å². The second kappa shape index (κ2) is 6.45. The van der Waals surface area contributed by atoms with E-state index < -0.39 is 9.84 Å². The fourth-order valence-corrected chi connectivity index (χ4v) is 4.76. The summed E-state index contributed by atoms with van der Waals surface area (Å²) >= 11 is 0. The zero-order valence-electron chi connectivity index (χ0n) is 13.1. The standard InChI is InChI=1S/C15H21N3O4S/c1-17(13-2-7-23(20,21)11-13)15(19)12-8-14(10-16-9-12)18-3-5-22-6-4-18/h8-10,13H,2-7,11H2,1H3. The maximum atomic E-state index is 12.6. The van der Waals surface area contributed by atoms with Crippen LogP contribution >= 0.6 is 0 Å². The Morgan fingerprint density at radius 2 is 2.09 bits per heavy atom. The topological polar surface area (TPSA) is 79.8 Å². The number of sulfone groups is 1. The molecule has 3 rings (SSSR count). The molecule has 1 atom stereocenters. The van der Waals surface area contributed by atoms with Gasteiger partial charge >= 0.3 is 0 Å². The summed E-state index contributed by atoms with van der Waals surface area (Å²) in [6.45, 7) is 2.88. The highest BCUT2D eigenvalue weighted by Crippen LogP contribution is 2.21. The van der Waals surface area contributed by atoms with Gasteiger partial charge in [-0.05, 0) is 12.5 Å². The van der Waals surface area contributed by atoms with Crippen LogP contribution in [0, 0.1) is 0 Å². The molecule has 0 bridgehead atoms. The number of rotatable bonds is 3. The molecule has 1 amide bonds. The van der Waals surface area contributed by atoms with Crippen LogP contribution in [0.5, 0.6) is 0 Å². The molecule has 0 aliphatic carbocycles. The Bertz CT molecular complexity index is 686. The second-order valence-electron chi connectivity index (χ2n) is 6.00. The predicted molar refractivity (Wildman–Crippen MR) is 86.4 cm³/mol. The first kappa shape index (κ1) is 16.2. The van der Waals surface area contributed by atoms with Crippen molar-refractivity contribution in [2.24, 2.45) is 0 Å². The summed E-state index contributed by atoms with van der Waals surface area (Å²) in [6, 6.07) is 1.57. The molecule has 2 fully saturated rings. The lowest BCUT2D eigenvalue weighted by molar-refractivity contribution is 0.0747. The molecule has 2 saturated heterocycles. The van der Waals surface area contributed by atoms with Crippen molar-refractivity contribution in [3.8, 4) is 0 Å². The van der Waals surface area contributed by atoms with Crippen molar-refractivity contribution in [3.05, 3.63) is 24.0 Å². The maximum absolute atomic E-state index is 12.6. The zero-order chi connectivity index (χ0) is 16.4. The van der Waals surface area contributed by atoms with Gasteiger partial charge in [-0.2, -0.15) is 0 Å². The van der Waals surface area contributed by atoms with Crippen LogP contribution in [0.3, 0.4) is 0 Å². The van der Waals surface area contributed by atoms with Gasteiger partial charge in [-0.1, -0.05) is 0 Å². The number of hydrogen-bond acceptors (Lipinski definition) is 6. The maximum Gasteiger partial charge on any atom is 0.255 e. The summed E-state index contributed by atoms with van der Waals surface area (Å²) in [5, 5.41) is 0. The summed E-state index contributed by atoms with van der Waals surface area (Å²) < 4.78 is 28.5. The van der Waals surface area contributed by atoms with Gasteiger partial charge in [0, 0.05) is 32.4 Å². The van der Waals surface area contributed by atoms with Crippen molar-refractivity contribution < 1.29 is 17.9 Å². The summed E-state index contributed by atoms with van der Waals surface area (Å²) in [4.78, 5) is 20.5. The molecule has 3 heterocycles. The average Bonchev–Trinajstić information content (AvgIpc) is 2.94. The molecule has 0 N–H and O–H groups in total. The third kappa shape index (κ3) is 3.64. The van der Waals surface area contributed by atoms with Crippen molar-refractivity contribution in [1.29, 1.82) is 0 Å². The Kier molecular flexibility index (Phi) is 4.54. The minimum atomic E-state index is -3.01. The lowest BCUT2D eigenvalue weighted by atomic mass is 10.1. The quantitative estimate of drug-likeness (QED) is 0.781. The highest BCUT2D eigenvalue weighted by Gasteiger charge is 2.33. The fraction of sp³-hybridized carbons (Fsp3) is 0.600. The van der Waals surface area contributed by atoms with Crippen molar-refractivity contribution in [2.75, 3.05) is 49.8 Å². The van der Waals surface area contributed by atoms with Crippen LogP contribution in [0.2, 0.25) is 0 Å². The summed E-state index contributed by atoms with van der Waals surface area (Å²) in [5.74, 6) is 0.0161. The summed E-state index contributed by atoms with van der Waals surface area (Å²) in [5.41, 5.74) is 1.38. The number of amides is 1. The molecule has 1 unspecified atom stereocenters. The third-order valence-electron chi connectivity index (χ3n) is 4.42. The van der Waals surface area contributed by atoms with Crippen LogP contribution in [-0.2, 0) is 14.6 Å². The number of carbonyl (C=O) groups is 1. The molecule has 2 aliphatic rings. The second-order valence-corrected chi connectivity index (χ2v) is 8.23. The molecule has 7 nitrogen and oxygen atoms in total. The normalized spacial score (nSPS) is 23.7. The van der Waals surface area contributed by atoms with E-state index in [0.29, 0.717) is 25.2 Å². The zero-order valence-corrected chi connectivity index (χ0v) is 14.0. The number of hydrogen-bond donors (Lipinski definition) is 0. The van der Waals surface area contributed by atoms with E-state index in [1.807, 2.05) is 6.07 Å². The number of nitrogens with zero attached hydrogens (tertiary/aromatic N) is 3. The first-order valence-electron chi connectivity index (χ1n) is 7.71. The molecular weight excluding hydrogens is 318 g/mol. The average molecular weight is 339 g/mol. The molecule has 1 aromatic heterocycles. The van der Waals surface area contributed by atoms with E-state index in [0.717, 1.165) is 18.8 Å². The van der Waals surface area contributed by atoms with Crippen LogP contribution in [0.25, 0.3) is 0 Å².